The fourth-order valence-electron chi connectivity index (χ4n) is 4.63. The van der Waals surface area contributed by atoms with Gasteiger partial charge in [0.25, 0.3) is 5.91 Å². The molecule has 0 atom stereocenters. The first-order valence-electron chi connectivity index (χ1n) is 14.3. The highest BCUT2D eigenvalue weighted by Crippen LogP contribution is 2.34. The third kappa shape index (κ3) is 8.56. The summed E-state index contributed by atoms with van der Waals surface area (Å²) in [5.41, 5.74) is 0.940. The molecule has 44 heavy (non-hydrogen) atoms. The van der Waals surface area contributed by atoms with Gasteiger partial charge >= 0.3 is 6.09 Å². The second-order valence-electron chi connectivity index (χ2n) is 11.2. The van der Waals surface area contributed by atoms with Crippen LogP contribution in [0.5, 0.6) is 11.6 Å². The highest BCUT2D eigenvalue weighted by molar-refractivity contribution is 6.31. The van der Waals surface area contributed by atoms with Crippen molar-refractivity contribution in [2.45, 2.75) is 26.4 Å². The SMILES string of the molecule is CC(C)(C)OC(=O)Nc1ccc(Oc2ccnc(Nc3cc(Cl)cc(C(=O)NCCN4CCOCC4)c3)n2)c2ccccc12. The number of amides is 2. The lowest BCUT2D eigenvalue weighted by molar-refractivity contribution is 0.0383. The van der Waals surface area contributed by atoms with Gasteiger partial charge in [-0.2, -0.15) is 4.98 Å². The van der Waals surface area contributed by atoms with Crippen LogP contribution < -0.4 is 20.7 Å². The Kier molecular flexibility index (Phi) is 9.78. The van der Waals surface area contributed by atoms with E-state index in [9.17, 15) is 9.59 Å². The average molecular weight is 619 g/mol. The minimum Gasteiger partial charge on any atom is -0.444 e. The Balaban J connectivity index is 1.27. The largest absolute Gasteiger partial charge is 0.444 e. The predicted molar refractivity (Wildman–Crippen MR) is 170 cm³/mol. The second-order valence-corrected chi connectivity index (χ2v) is 11.6. The molecule has 0 aliphatic carbocycles. The number of morpholine rings is 1. The minimum atomic E-state index is -0.621. The Bertz CT molecular complexity index is 1640. The molecule has 230 valence electrons. The monoisotopic (exact) mass is 618 g/mol. The van der Waals surface area contributed by atoms with E-state index in [4.69, 9.17) is 25.8 Å². The van der Waals surface area contributed by atoms with Gasteiger partial charge in [-0.25, -0.2) is 9.78 Å². The molecule has 1 aliphatic rings. The summed E-state index contributed by atoms with van der Waals surface area (Å²) in [5, 5.41) is 10.8. The van der Waals surface area contributed by atoms with Crippen molar-refractivity contribution in [1.29, 1.82) is 0 Å². The van der Waals surface area contributed by atoms with Crippen LogP contribution in [0.15, 0.2) is 66.9 Å². The summed E-state index contributed by atoms with van der Waals surface area (Å²) in [6, 6.07) is 17.7. The van der Waals surface area contributed by atoms with Gasteiger partial charge < -0.3 is 24.8 Å². The number of ether oxygens (including phenoxy) is 3. The summed E-state index contributed by atoms with van der Waals surface area (Å²) in [6.45, 7) is 9.83. The highest BCUT2D eigenvalue weighted by Gasteiger charge is 2.18. The second kappa shape index (κ2) is 13.9. The Hall–Kier alpha value is -4.45. The maximum absolute atomic E-state index is 12.8. The van der Waals surface area contributed by atoms with Crippen LogP contribution in [0.4, 0.5) is 22.1 Å². The molecule has 1 fully saturated rings. The molecule has 0 unspecified atom stereocenters. The average Bonchev–Trinajstić information content (AvgIpc) is 2.98. The van der Waals surface area contributed by atoms with E-state index in [2.05, 4.69) is 30.8 Å². The van der Waals surface area contributed by atoms with Crippen LogP contribution in [-0.4, -0.2) is 71.9 Å². The predicted octanol–water partition coefficient (Wildman–Crippen LogP) is 6.23. The molecule has 5 rings (SSSR count). The number of carbonyl (C=O) groups is 2. The van der Waals surface area contributed by atoms with Crippen LogP contribution in [0.25, 0.3) is 10.8 Å². The molecule has 0 bridgehead atoms. The summed E-state index contributed by atoms with van der Waals surface area (Å²) >= 11 is 6.34. The lowest BCUT2D eigenvalue weighted by Crippen LogP contribution is -2.41. The molecule has 12 heteroatoms. The first-order valence-corrected chi connectivity index (χ1v) is 14.7. The lowest BCUT2D eigenvalue weighted by Gasteiger charge is -2.26. The van der Waals surface area contributed by atoms with Gasteiger partial charge in [-0.05, 0) is 51.1 Å². The summed E-state index contributed by atoms with van der Waals surface area (Å²) in [6.07, 6.45) is 1.02. The third-order valence-corrected chi connectivity index (χ3v) is 6.82. The van der Waals surface area contributed by atoms with Crippen LogP contribution in [0, 0.1) is 0 Å². The molecule has 0 radical (unpaired) electrons. The van der Waals surface area contributed by atoms with Crippen molar-refractivity contribution in [3.63, 3.8) is 0 Å². The number of rotatable bonds is 9. The minimum absolute atomic E-state index is 0.224. The van der Waals surface area contributed by atoms with E-state index in [0.29, 0.717) is 53.3 Å². The molecule has 1 aromatic heterocycles. The van der Waals surface area contributed by atoms with E-state index in [1.165, 1.54) is 0 Å². The smallest absolute Gasteiger partial charge is 0.412 e. The molecular formula is C32H35ClN6O5. The normalized spacial score (nSPS) is 13.7. The molecule has 1 aliphatic heterocycles. The van der Waals surface area contributed by atoms with Gasteiger partial charge in [0.15, 0.2) is 0 Å². The quantitative estimate of drug-likeness (QED) is 0.200. The van der Waals surface area contributed by atoms with Gasteiger partial charge in [-0.3, -0.25) is 15.0 Å². The Morgan fingerprint density at radius 3 is 2.57 bits per heavy atom. The number of hydrogen-bond acceptors (Lipinski definition) is 9. The number of nitrogens with one attached hydrogen (secondary N) is 3. The van der Waals surface area contributed by atoms with E-state index in [-0.39, 0.29) is 11.9 Å². The number of carbonyl (C=O) groups excluding carboxylic acids is 2. The lowest BCUT2D eigenvalue weighted by atomic mass is 10.1. The van der Waals surface area contributed by atoms with E-state index < -0.39 is 11.7 Å². The maximum Gasteiger partial charge on any atom is 0.412 e. The number of hydrogen-bond donors (Lipinski definition) is 3. The van der Waals surface area contributed by atoms with Crippen molar-refractivity contribution in [3.05, 3.63) is 77.4 Å². The molecule has 4 aromatic rings. The molecule has 3 N–H and O–H groups in total. The number of benzene rings is 3. The number of halogens is 1. The molecule has 2 amide bonds. The van der Waals surface area contributed by atoms with Crippen LogP contribution >= 0.6 is 11.6 Å². The number of fused-ring (bicyclic) bond motifs is 1. The Labute approximate surface area is 260 Å². The van der Waals surface area contributed by atoms with Crippen LogP contribution in [0.3, 0.4) is 0 Å². The van der Waals surface area contributed by atoms with E-state index in [1.807, 2.05) is 45.0 Å². The zero-order valence-corrected chi connectivity index (χ0v) is 25.6. The molecule has 1 saturated heterocycles. The van der Waals surface area contributed by atoms with Gasteiger partial charge in [0, 0.05) is 65.5 Å². The zero-order valence-electron chi connectivity index (χ0n) is 24.9. The van der Waals surface area contributed by atoms with Crippen molar-refractivity contribution in [2.75, 3.05) is 50.0 Å². The standard InChI is InChI=1S/C32H35ClN6O5/c1-32(2,3)44-31(41)37-26-8-9-27(25-7-5-4-6-24(25)26)43-28-10-11-35-30(38-28)36-23-19-21(18-22(33)20-23)29(40)34-12-13-39-14-16-42-17-15-39/h4-11,18-20H,12-17H2,1-3H3,(H,34,40)(H,37,41)(H,35,36,38). The Morgan fingerprint density at radius 2 is 1.80 bits per heavy atom. The summed E-state index contributed by atoms with van der Waals surface area (Å²) in [7, 11) is 0. The summed E-state index contributed by atoms with van der Waals surface area (Å²) in [4.78, 5) is 36.3. The van der Waals surface area contributed by atoms with Crippen molar-refractivity contribution in [3.8, 4) is 11.6 Å². The van der Waals surface area contributed by atoms with Crippen LogP contribution in [0.2, 0.25) is 5.02 Å². The molecule has 0 saturated carbocycles. The van der Waals surface area contributed by atoms with E-state index >= 15 is 0 Å². The highest BCUT2D eigenvalue weighted by atomic mass is 35.5. The van der Waals surface area contributed by atoms with Crippen LogP contribution in [-0.2, 0) is 9.47 Å². The molecular weight excluding hydrogens is 584 g/mol. The van der Waals surface area contributed by atoms with Gasteiger partial charge in [0.1, 0.15) is 11.4 Å². The molecule has 2 heterocycles. The first kappa shape index (κ1) is 31.0. The van der Waals surface area contributed by atoms with Gasteiger partial charge in [0.05, 0.1) is 18.9 Å². The molecule has 3 aromatic carbocycles. The number of anilines is 3. The van der Waals surface area contributed by atoms with Crippen molar-refractivity contribution in [2.24, 2.45) is 0 Å². The summed E-state index contributed by atoms with van der Waals surface area (Å²) < 4.78 is 16.9. The molecule has 0 spiro atoms. The van der Waals surface area contributed by atoms with E-state index in [1.54, 1.807) is 42.6 Å². The van der Waals surface area contributed by atoms with Crippen molar-refractivity contribution < 1.29 is 23.8 Å². The fraction of sp³-hybridized carbons (Fsp3) is 0.312. The van der Waals surface area contributed by atoms with Gasteiger partial charge in [-0.15, -0.1) is 0 Å². The first-order chi connectivity index (χ1) is 21.1. The third-order valence-electron chi connectivity index (χ3n) is 6.60. The fourth-order valence-corrected chi connectivity index (χ4v) is 4.87. The van der Waals surface area contributed by atoms with Crippen molar-refractivity contribution >= 4 is 51.7 Å². The molecule has 11 nitrogen and oxygen atoms in total. The number of aromatic nitrogens is 2. The topological polar surface area (TPSA) is 127 Å². The van der Waals surface area contributed by atoms with Gasteiger partial charge in [-0.1, -0.05) is 35.9 Å². The zero-order chi connectivity index (χ0) is 31.1. The summed E-state index contributed by atoms with van der Waals surface area (Å²) in [5.74, 6) is 0.872. The maximum atomic E-state index is 12.8. The number of nitrogens with zero attached hydrogens (tertiary/aromatic N) is 3. The van der Waals surface area contributed by atoms with Crippen molar-refractivity contribution in [1.82, 2.24) is 20.2 Å². The van der Waals surface area contributed by atoms with Gasteiger partial charge in [0.2, 0.25) is 11.8 Å². The Morgan fingerprint density at radius 1 is 1.02 bits per heavy atom. The van der Waals surface area contributed by atoms with E-state index in [0.717, 1.165) is 30.4 Å². The van der Waals surface area contributed by atoms with Crippen LogP contribution in [0.1, 0.15) is 31.1 Å².